The number of nitrogens with one attached hydrogen (secondary N) is 2. The fraction of sp³-hybridized carbons (Fsp3) is 0.500. The Hall–Kier alpha value is -1.24. The molecule has 0 bridgehead atoms. The molecule has 5 heteroatoms. The van der Waals surface area contributed by atoms with E-state index in [1.54, 1.807) is 0 Å². The number of aliphatic imine (C=N–C) groups is 1. The van der Waals surface area contributed by atoms with Gasteiger partial charge in [0, 0.05) is 31.9 Å². The largest absolute Gasteiger partial charge is 0.364 e. The maximum atomic E-state index is 4.71. The average molecular weight is 426 g/mol. The maximum absolute atomic E-state index is 4.71. The number of anilines is 1. The van der Waals surface area contributed by atoms with Crippen LogP contribution in [0.1, 0.15) is 25.3 Å². The lowest BCUT2D eigenvalue weighted by Crippen LogP contribution is -2.38. The summed E-state index contributed by atoms with van der Waals surface area (Å²) in [5, 5.41) is 6.77. The predicted molar refractivity (Wildman–Crippen MR) is 109 cm³/mol. The van der Waals surface area contributed by atoms with Crippen LogP contribution in [0.4, 0.5) is 5.69 Å². The van der Waals surface area contributed by atoms with Crippen molar-refractivity contribution in [2.24, 2.45) is 10.9 Å². The van der Waals surface area contributed by atoms with Crippen molar-refractivity contribution in [1.29, 1.82) is 0 Å². The predicted octanol–water partition coefficient (Wildman–Crippen LogP) is 3.15. The molecule has 4 nitrogen and oxygen atoms in total. The van der Waals surface area contributed by atoms with Gasteiger partial charge in [0.2, 0.25) is 0 Å². The zero-order valence-corrected chi connectivity index (χ0v) is 16.1. The van der Waals surface area contributed by atoms with Crippen LogP contribution in [0.3, 0.4) is 0 Å². The van der Waals surface area contributed by atoms with E-state index in [0.29, 0.717) is 0 Å². The Labute approximate surface area is 156 Å². The van der Waals surface area contributed by atoms with Gasteiger partial charge in [-0.25, -0.2) is 4.99 Å². The van der Waals surface area contributed by atoms with E-state index >= 15 is 0 Å². The highest BCUT2D eigenvalue weighted by Gasteiger charge is 2.21. The van der Waals surface area contributed by atoms with E-state index in [2.05, 4.69) is 58.9 Å². The third-order valence-electron chi connectivity index (χ3n) is 4.11. The minimum atomic E-state index is 0. The second-order valence-electron chi connectivity index (χ2n) is 6.07. The Morgan fingerprint density at radius 1 is 1.22 bits per heavy atom. The highest BCUT2D eigenvalue weighted by molar-refractivity contribution is 14.0. The molecular formula is C18H27IN4. The van der Waals surface area contributed by atoms with Crippen molar-refractivity contribution in [3.63, 3.8) is 0 Å². The summed E-state index contributed by atoms with van der Waals surface area (Å²) in [4.78, 5) is 7.08. The molecule has 0 radical (unpaired) electrons. The monoisotopic (exact) mass is 426 g/mol. The summed E-state index contributed by atoms with van der Waals surface area (Å²) in [6.45, 7) is 6.79. The van der Waals surface area contributed by atoms with Crippen molar-refractivity contribution in [1.82, 2.24) is 10.6 Å². The first-order chi connectivity index (χ1) is 10.8. The van der Waals surface area contributed by atoms with Crippen LogP contribution in [0.25, 0.3) is 0 Å². The fourth-order valence-electron chi connectivity index (χ4n) is 2.62. The van der Waals surface area contributed by atoms with Crippen LogP contribution >= 0.6 is 24.0 Å². The van der Waals surface area contributed by atoms with Crippen molar-refractivity contribution < 1.29 is 0 Å². The molecular weight excluding hydrogens is 399 g/mol. The van der Waals surface area contributed by atoms with Crippen molar-refractivity contribution in [2.75, 3.05) is 31.1 Å². The molecule has 0 amide bonds. The number of halogens is 1. The quantitative estimate of drug-likeness (QED) is 0.318. The Bertz CT molecular complexity index is 544. The number of rotatable bonds is 6. The molecule has 1 fully saturated rings. The molecule has 0 saturated heterocycles. The first kappa shape index (κ1) is 18.1. The van der Waals surface area contributed by atoms with Crippen molar-refractivity contribution in [3.05, 3.63) is 42.0 Å². The van der Waals surface area contributed by atoms with Gasteiger partial charge >= 0.3 is 0 Å². The maximum Gasteiger partial charge on any atom is 0.191 e. The summed E-state index contributed by atoms with van der Waals surface area (Å²) < 4.78 is 0. The highest BCUT2D eigenvalue weighted by atomic mass is 127. The van der Waals surface area contributed by atoms with E-state index in [0.717, 1.165) is 44.6 Å². The topological polar surface area (TPSA) is 39.7 Å². The van der Waals surface area contributed by atoms with Gasteiger partial charge < -0.3 is 15.5 Å². The molecule has 0 aromatic heterocycles. The lowest BCUT2D eigenvalue weighted by atomic mass is 10.2. The molecule has 2 N–H and O–H groups in total. The Kier molecular flexibility index (Phi) is 7.20. The van der Waals surface area contributed by atoms with Crippen LogP contribution in [0.2, 0.25) is 0 Å². The van der Waals surface area contributed by atoms with Gasteiger partial charge in [-0.15, -0.1) is 24.0 Å². The molecule has 1 heterocycles. The third kappa shape index (κ3) is 5.71. The number of benzene rings is 1. The highest BCUT2D eigenvalue weighted by Crippen LogP contribution is 2.27. The average Bonchev–Trinajstić information content (AvgIpc) is 3.21. The SMILES string of the molecule is CCNC(=NCc1cccc(N2CC=CC2)c1)NCC1CC1.I. The molecule has 1 aliphatic carbocycles. The number of hydrogen-bond donors (Lipinski definition) is 2. The van der Waals surface area contributed by atoms with Gasteiger partial charge in [-0.3, -0.25) is 0 Å². The minimum absolute atomic E-state index is 0. The zero-order valence-electron chi connectivity index (χ0n) is 13.8. The molecule has 1 aliphatic heterocycles. The molecule has 1 saturated carbocycles. The van der Waals surface area contributed by atoms with Crippen LogP contribution < -0.4 is 15.5 Å². The molecule has 126 valence electrons. The minimum Gasteiger partial charge on any atom is -0.364 e. The van der Waals surface area contributed by atoms with Crippen LogP contribution in [0.5, 0.6) is 0 Å². The van der Waals surface area contributed by atoms with Gasteiger partial charge in [-0.2, -0.15) is 0 Å². The van der Waals surface area contributed by atoms with Gasteiger partial charge in [-0.1, -0.05) is 24.3 Å². The van der Waals surface area contributed by atoms with E-state index in [-0.39, 0.29) is 24.0 Å². The van der Waals surface area contributed by atoms with Gasteiger partial charge in [0.15, 0.2) is 5.96 Å². The lowest BCUT2D eigenvalue weighted by molar-refractivity contribution is 0.739. The zero-order chi connectivity index (χ0) is 15.2. The number of guanidine groups is 1. The van der Waals surface area contributed by atoms with E-state index < -0.39 is 0 Å². The number of hydrogen-bond acceptors (Lipinski definition) is 2. The summed E-state index contributed by atoms with van der Waals surface area (Å²) in [5.74, 6) is 1.79. The van der Waals surface area contributed by atoms with Gasteiger partial charge in [0.1, 0.15) is 0 Å². The van der Waals surface area contributed by atoms with E-state index in [1.807, 2.05) is 0 Å². The fourth-order valence-corrected chi connectivity index (χ4v) is 2.62. The Morgan fingerprint density at radius 3 is 2.70 bits per heavy atom. The van der Waals surface area contributed by atoms with Gasteiger partial charge in [0.25, 0.3) is 0 Å². The summed E-state index contributed by atoms with van der Waals surface area (Å²) in [5.41, 5.74) is 2.54. The summed E-state index contributed by atoms with van der Waals surface area (Å²) in [6, 6.07) is 8.71. The second kappa shape index (κ2) is 9.15. The third-order valence-corrected chi connectivity index (χ3v) is 4.11. The van der Waals surface area contributed by atoms with E-state index in [1.165, 1.54) is 24.1 Å². The summed E-state index contributed by atoms with van der Waals surface area (Å²) >= 11 is 0. The summed E-state index contributed by atoms with van der Waals surface area (Å²) in [6.07, 6.45) is 7.16. The molecule has 2 aliphatic rings. The Balaban J connectivity index is 0.00000192. The van der Waals surface area contributed by atoms with Crippen molar-refractivity contribution in [3.8, 4) is 0 Å². The smallest absolute Gasteiger partial charge is 0.191 e. The molecule has 3 rings (SSSR count). The van der Waals surface area contributed by atoms with Crippen LogP contribution in [-0.4, -0.2) is 32.1 Å². The normalized spacial score (nSPS) is 17.1. The lowest BCUT2D eigenvalue weighted by Gasteiger charge is -2.18. The van der Waals surface area contributed by atoms with Gasteiger partial charge in [-0.05, 0) is 43.4 Å². The number of nitrogens with zero attached hydrogens (tertiary/aromatic N) is 2. The van der Waals surface area contributed by atoms with Gasteiger partial charge in [0.05, 0.1) is 6.54 Å². The van der Waals surface area contributed by atoms with Crippen molar-refractivity contribution >= 4 is 35.6 Å². The molecule has 0 spiro atoms. The van der Waals surface area contributed by atoms with Crippen LogP contribution in [0.15, 0.2) is 41.4 Å². The van der Waals surface area contributed by atoms with E-state index in [4.69, 9.17) is 4.99 Å². The molecule has 0 atom stereocenters. The van der Waals surface area contributed by atoms with Crippen LogP contribution in [0, 0.1) is 5.92 Å². The summed E-state index contributed by atoms with van der Waals surface area (Å²) in [7, 11) is 0. The second-order valence-corrected chi connectivity index (χ2v) is 6.07. The van der Waals surface area contributed by atoms with Crippen molar-refractivity contribution in [2.45, 2.75) is 26.3 Å². The first-order valence-electron chi connectivity index (χ1n) is 8.36. The molecule has 0 unspecified atom stereocenters. The molecule has 1 aromatic rings. The molecule has 1 aromatic carbocycles. The first-order valence-corrected chi connectivity index (χ1v) is 8.36. The molecule has 23 heavy (non-hydrogen) atoms. The van der Waals surface area contributed by atoms with Crippen LogP contribution in [-0.2, 0) is 6.54 Å². The van der Waals surface area contributed by atoms with E-state index in [9.17, 15) is 0 Å². The standard InChI is InChI=1S/C18H26N4.HI/c1-2-19-18(20-13-15-8-9-15)21-14-16-6-5-7-17(12-16)22-10-3-4-11-22;/h3-7,12,15H,2,8-11,13-14H2,1H3,(H2,19,20,21);1H. The Morgan fingerprint density at radius 2 is 2.00 bits per heavy atom.